The number of likely N-dealkylation sites (tertiary alicyclic amines) is 1. The first-order chi connectivity index (χ1) is 12.3. The van der Waals surface area contributed by atoms with Crippen LogP contribution in [0.5, 0.6) is 0 Å². The van der Waals surface area contributed by atoms with Crippen molar-refractivity contribution in [3.63, 3.8) is 0 Å². The van der Waals surface area contributed by atoms with Crippen molar-refractivity contribution in [3.05, 3.63) is 34.9 Å². The van der Waals surface area contributed by atoms with Crippen molar-refractivity contribution in [1.82, 2.24) is 9.80 Å². The Morgan fingerprint density at radius 3 is 2.42 bits per heavy atom. The van der Waals surface area contributed by atoms with Gasteiger partial charge in [-0.3, -0.25) is 19.3 Å². The van der Waals surface area contributed by atoms with Crippen molar-refractivity contribution in [2.45, 2.75) is 24.5 Å². The lowest BCUT2D eigenvalue weighted by Gasteiger charge is -2.23. The maximum Gasteiger partial charge on any atom is 0.242 e. The molecule has 2 fully saturated rings. The van der Waals surface area contributed by atoms with Crippen LogP contribution in [0.2, 0.25) is 5.02 Å². The molecular formula is C17H19ClN2O5S. The van der Waals surface area contributed by atoms with E-state index in [0.717, 1.165) is 4.90 Å². The van der Waals surface area contributed by atoms with Crippen LogP contribution in [0.25, 0.3) is 0 Å². The molecule has 7 nitrogen and oxygen atoms in total. The summed E-state index contributed by atoms with van der Waals surface area (Å²) in [6.45, 7) is -0.0585. The van der Waals surface area contributed by atoms with E-state index >= 15 is 0 Å². The van der Waals surface area contributed by atoms with E-state index in [1.54, 1.807) is 24.3 Å². The minimum absolute atomic E-state index is 0.0400. The molecule has 3 rings (SSSR count). The van der Waals surface area contributed by atoms with Crippen LogP contribution in [0.3, 0.4) is 0 Å². The van der Waals surface area contributed by atoms with Crippen molar-refractivity contribution >= 4 is 39.2 Å². The summed E-state index contributed by atoms with van der Waals surface area (Å²) in [5.74, 6) is -1.32. The Balaban J connectivity index is 1.74. The molecule has 2 saturated heterocycles. The molecule has 9 heteroatoms. The fourth-order valence-electron chi connectivity index (χ4n) is 3.31. The van der Waals surface area contributed by atoms with Crippen LogP contribution >= 0.6 is 11.6 Å². The van der Waals surface area contributed by atoms with E-state index in [0.29, 0.717) is 10.6 Å². The Bertz CT molecular complexity index is 838. The highest BCUT2D eigenvalue weighted by molar-refractivity contribution is 7.91. The monoisotopic (exact) mass is 398 g/mol. The van der Waals surface area contributed by atoms with E-state index in [9.17, 15) is 22.8 Å². The molecule has 0 aromatic heterocycles. The van der Waals surface area contributed by atoms with E-state index in [-0.39, 0.29) is 56.5 Å². The first-order valence-electron chi connectivity index (χ1n) is 8.36. The summed E-state index contributed by atoms with van der Waals surface area (Å²) in [6.07, 6.45) is 0.462. The molecule has 2 aliphatic heterocycles. The standard InChI is InChI=1S/C17H19ClN2O5S/c18-13-4-2-1-3-12(13)14-7-8-19(9-10-26(14,24)25)17(23)11-20-15(21)5-6-16(20)22/h1-4,14H,5-11H2/t14-/m0/s1. The van der Waals surface area contributed by atoms with E-state index in [2.05, 4.69) is 0 Å². The van der Waals surface area contributed by atoms with Crippen LogP contribution in [-0.2, 0) is 24.2 Å². The molecule has 140 valence electrons. The van der Waals surface area contributed by atoms with E-state index < -0.39 is 21.0 Å². The minimum Gasteiger partial charge on any atom is -0.340 e. The van der Waals surface area contributed by atoms with Gasteiger partial charge in [0.2, 0.25) is 17.7 Å². The maximum atomic E-state index is 12.7. The number of sulfone groups is 1. The fraction of sp³-hybridized carbons (Fsp3) is 0.471. The van der Waals surface area contributed by atoms with Gasteiger partial charge < -0.3 is 4.90 Å². The zero-order chi connectivity index (χ0) is 18.9. The molecule has 1 atom stereocenters. The summed E-state index contributed by atoms with van der Waals surface area (Å²) in [7, 11) is -3.48. The van der Waals surface area contributed by atoms with Gasteiger partial charge in [0.25, 0.3) is 0 Å². The Morgan fingerprint density at radius 1 is 1.12 bits per heavy atom. The van der Waals surface area contributed by atoms with Gasteiger partial charge in [0, 0.05) is 31.0 Å². The number of amides is 3. The van der Waals surface area contributed by atoms with Crippen molar-refractivity contribution in [3.8, 4) is 0 Å². The summed E-state index contributed by atoms with van der Waals surface area (Å²) in [5.41, 5.74) is 0.536. The molecule has 2 aliphatic rings. The summed E-state index contributed by atoms with van der Waals surface area (Å²) < 4.78 is 25.3. The van der Waals surface area contributed by atoms with Crippen molar-refractivity contribution in [1.29, 1.82) is 0 Å². The molecule has 0 unspecified atom stereocenters. The van der Waals surface area contributed by atoms with Gasteiger partial charge in [-0.15, -0.1) is 0 Å². The van der Waals surface area contributed by atoms with Gasteiger partial charge in [0.15, 0.2) is 9.84 Å². The number of nitrogens with zero attached hydrogens (tertiary/aromatic N) is 2. The van der Waals surface area contributed by atoms with Crippen LogP contribution < -0.4 is 0 Å². The molecule has 26 heavy (non-hydrogen) atoms. The molecule has 2 heterocycles. The van der Waals surface area contributed by atoms with E-state index in [1.807, 2.05) is 0 Å². The highest BCUT2D eigenvalue weighted by Gasteiger charge is 2.36. The molecule has 0 aliphatic carbocycles. The zero-order valence-corrected chi connectivity index (χ0v) is 15.6. The molecule has 1 aromatic rings. The summed E-state index contributed by atoms with van der Waals surface area (Å²) in [4.78, 5) is 38.2. The summed E-state index contributed by atoms with van der Waals surface area (Å²) >= 11 is 6.16. The van der Waals surface area contributed by atoms with Crippen molar-refractivity contribution in [2.24, 2.45) is 0 Å². The number of hydrogen-bond donors (Lipinski definition) is 0. The van der Waals surface area contributed by atoms with Crippen LogP contribution in [-0.4, -0.2) is 61.3 Å². The molecular weight excluding hydrogens is 380 g/mol. The van der Waals surface area contributed by atoms with Gasteiger partial charge in [-0.2, -0.15) is 0 Å². The Kier molecular flexibility index (Phi) is 5.34. The smallest absolute Gasteiger partial charge is 0.242 e. The first-order valence-corrected chi connectivity index (χ1v) is 10.5. The lowest BCUT2D eigenvalue weighted by atomic mass is 10.1. The Morgan fingerprint density at radius 2 is 1.77 bits per heavy atom. The Hall–Kier alpha value is -1.93. The average Bonchev–Trinajstić information content (AvgIpc) is 2.81. The van der Waals surface area contributed by atoms with Crippen LogP contribution in [0.4, 0.5) is 0 Å². The van der Waals surface area contributed by atoms with E-state index in [1.165, 1.54) is 4.90 Å². The van der Waals surface area contributed by atoms with Gasteiger partial charge in [-0.05, 0) is 18.1 Å². The SMILES string of the molecule is O=C(CN1C(=O)CCC1=O)N1CC[C@@H](c2ccccc2Cl)S(=O)(=O)CC1. The largest absolute Gasteiger partial charge is 0.340 e. The number of halogens is 1. The third-order valence-corrected chi connectivity index (χ3v) is 7.25. The molecule has 0 radical (unpaired) electrons. The van der Waals surface area contributed by atoms with Crippen molar-refractivity contribution < 1.29 is 22.8 Å². The van der Waals surface area contributed by atoms with Gasteiger partial charge in [-0.1, -0.05) is 29.8 Å². The van der Waals surface area contributed by atoms with Gasteiger partial charge >= 0.3 is 0 Å². The Labute approximate surface area is 156 Å². The number of rotatable bonds is 3. The second kappa shape index (κ2) is 7.36. The average molecular weight is 399 g/mol. The highest BCUT2D eigenvalue weighted by atomic mass is 35.5. The molecule has 3 amide bonds. The third kappa shape index (κ3) is 3.76. The first kappa shape index (κ1) is 18.8. The molecule has 0 bridgehead atoms. The number of imide groups is 1. The predicted molar refractivity (Wildman–Crippen MR) is 95.1 cm³/mol. The number of hydrogen-bond acceptors (Lipinski definition) is 5. The molecule has 0 saturated carbocycles. The molecule has 1 aromatic carbocycles. The van der Waals surface area contributed by atoms with Crippen LogP contribution in [0.1, 0.15) is 30.1 Å². The van der Waals surface area contributed by atoms with Gasteiger partial charge in [-0.25, -0.2) is 8.42 Å². The number of benzene rings is 1. The lowest BCUT2D eigenvalue weighted by Crippen LogP contribution is -2.43. The molecule has 0 N–H and O–H groups in total. The predicted octanol–water partition coefficient (Wildman–Crippen LogP) is 1.18. The van der Waals surface area contributed by atoms with Crippen molar-refractivity contribution in [2.75, 3.05) is 25.4 Å². The maximum absolute atomic E-state index is 12.7. The second-order valence-corrected chi connectivity index (χ2v) is 9.13. The third-order valence-electron chi connectivity index (χ3n) is 4.79. The van der Waals surface area contributed by atoms with Gasteiger partial charge in [0.05, 0.1) is 11.0 Å². The lowest BCUT2D eigenvalue weighted by molar-refractivity contribution is -0.145. The van der Waals surface area contributed by atoms with E-state index in [4.69, 9.17) is 11.6 Å². The number of carbonyl (C=O) groups is 3. The summed E-state index contributed by atoms with van der Waals surface area (Å²) in [5, 5.41) is -0.391. The summed E-state index contributed by atoms with van der Waals surface area (Å²) in [6, 6.07) is 6.79. The topological polar surface area (TPSA) is 91.8 Å². The zero-order valence-electron chi connectivity index (χ0n) is 14.1. The highest BCUT2D eigenvalue weighted by Crippen LogP contribution is 2.33. The van der Waals surface area contributed by atoms with Crippen LogP contribution in [0, 0.1) is 0 Å². The molecule has 0 spiro atoms. The fourth-order valence-corrected chi connectivity index (χ4v) is 5.46. The van der Waals surface area contributed by atoms with Crippen LogP contribution in [0.15, 0.2) is 24.3 Å². The quantitative estimate of drug-likeness (QED) is 0.713. The normalized spacial score (nSPS) is 23.2. The minimum atomic E-state index is -3.48. The number of carbonyl (C=O) groups excluding carboxylic acids is 3. The van der Waals surface area contributed by atoms with Gasteiger partial charge in [0.1, 0.15) is 6.54 Å². The second-order valence-electron chi connectivity index (χ2n) is 6.42.